The van der Waals surface area contributed by atoms with Gasteiger partial charge in [0.2, 0.25) is 5.91 Å². The highest BCUT2D eigenvalue weighted by molar-refractivity contribution is 5.80. The molecule has 0 saturated carbocycles. The lowest BCUT2D eigenvalue weighted by Gasteiger charge is -2.29. The summed E-state index contributed by atoms with van der Waals surface area (Å²) in [4.78, 5) is 13.9. The molecule has 0 aromatic heterocycles. The molecule has 2 rings (SSSR count). The fourth-order valence-electron chi connectivity index (χ4n) is 2.85. The summed E-state index contributed by atoms with van der Waals surface area (Å²) in [6, 6.07) is 0. The summed E-state index contributed by atoms with van der Waals surface area (Å²) in [6.45, 7) is 6.64. The van der Waals surface area contributed by atoms with Crippen LogP contribution in [-0.2, 0) is 9.53 Å². The Morgan fingerprint density at radius 1 is 1.44 bits per heavy atom. The minimum Gasteiger partial charge on any atom is -0.378 e. The van der Waals surface area contributed by atoms with Crippen molar-refractivity contribution >= 4 is 5.91 Å². The highest BCUT2D eigenvalue weighted by Crippen LogP contribution is 2.19. The van der Waals surface area contributed by atoms with Gasteiger partial charge in [0.05, 0.1) is 18.8 Å². The molecule has 2 saturated heterocycles. The Morgan fingerprint density at radius 3 is 2.94 bits per heavy atom. The molecule has 1 amide bonds. The van der Waals surface area contributed by atoms with E-state index in [9.17, 15) is 4.79 Å². The lowest BCUT2D eigenvalue weighted by molar-refractivity contribution is -0.128. The second-order valence-corrected chi connectivity index (χ2v) is 5.89. The Kier molecular flexibility index (Phi) is 5.01. The molecule has 4 heteroatoms. The maximum Gasteiger partial charge on any atom is 0.237 e. The van der Waals surface area contributed by atoms with Crippen LogP contribution >= 0.6 is 0 Å². The summed E-state index contributed by atoms with van der Waals surface area (Å²) in [7, 11) is 0. The van der Waals surface area contributed by atoms with Crippen molar-refractivity contribution in [1.82, 2.24) is 10.2 Å². The van der Waals surface area contributed by atoms with Crippen LogP contribution in [0, 0.1) is 5.92 Å². The van der Waals surface area contributed by atoms with E-state index in [1.54, 1.807) is 0 Å². The van der Waals surface area contributed by atoms with Crippen molar-refractivity contribution < 1.29 is 9.53 Å². The molecule has 2 fully saturated rings. The first kappa shape index (κ1) is 13.8. The number of carbonyl (C=O) groups excluding carboxylic acids is 1. The number of amides is 1. The fraction of sp³-hybridized carbons (Fsp3) is 0.929. The van der Waals surface area contributed by atoms with Crippen LogP contribution in [0.5, 0.6) is 0 Å². The number of rotatable bonds is 5. The minimum absolute atomic E-state index is 0.237. The molecular weight excluding hydrogens is 228 g/mol. The highest BCUT2D eigenvalue weighted by Gasteiger charge is 2.31. The number of carbonyl (C=O) groups is 1. The molecule has 2 heterocycles. The molecule has 0 aliphatic carbocycles. The van der Waals surface area contributed by atoms with Crippen LogP contribution in [0.4, 0.5) is 0 Å². The number of hydrogen-bond donors (Lipinski definition) is 1. The van der Waals surface area contributed by atoms with Crippen LogP contribution in [-0.4, -0.2) is 42.8 Å². The predicted molar refractivity (Wildman–Crippen MR) is 71.2 cm³/mol. The van der Waals surface area contributed by atoms with E-state index in [4.69, 9.17) is 4.74 Å². The summed E-state index contributed by atoms with van der Waals surface area (Å²) < 4.78 is 5.73. The van der Waals surface area contributed by atoms with E-state index < -0.39 is 0 Å². The Labute approximate surface area is 110 Å². The van der Waals surface area contributed by atoms with E-state index >= 15 is 0 Å². The van der Waals surface area contributed by atoms with Gasteiger partial charge in [-0.3, -0.25) is 10.1 Å². The Balaban J connectivity index is 1.79. The van der Waals surface area contributed by atoms with Gasteiger partial charge in [-0.05, 0) is 38.0 Å². The zero-order valence-electron chi connectivity index (χ0n) is 11.7. The lowest BCUT2D eigenvalue weighted by Crippen LogP contribution is -2.40. The largest absolute Gasteiger partial charge is 0.378 e. The monoisotopic (exact) mass is 254 g/mol. The van der Waals surface area contributed by atoms with Crippen molar-refractivity contribution in [1.29, 1.82) is 0 Å². The Hall–Kier alpha value is -0.610. The standard InChI is InChI=1S/C14H26N2O2/c1-11(2)9-13-15-10-14(17)16(13)7-6-12-5-3-4-8-18-12/h11-13,15H,3-10H2,1-2H3. The molecule has 0 bridgehead atoms. The summed E-state index contributed by atoms with van der Waals surface area (Å²) in [6.07, 6.45) is 6.25. The van der Waals surface area contributed by atoms with Gasteiger partial charge in [0.25, 0.3) is 0 Å². The SMILES string of the molecule is CC(C)CC1NCC(=O)N1CCC1CCCCO1. The van der Waals surface area contributed by atoms with Gasteiger partial charge in [-0.15, -0.1) is 0 Å². The summed E-state index contributed by atoms with van der Waals surface area (Å²) >= 11 is 0. The van der Waals surface area contributed by atoms with Gasteiger partial charge in [0.15, 0.2) is 0 Å². The highest BCUT2D eigenvalue weighted by atomic mass is 16.5. The van der Waals surface area contributed by atoms with Gasteiger partial charge in [0, 0.05) is 13.2 Å². The van der Waals surface area contributed by atoms with E-state index in [0.29, 0.717) is 18.6 Å². The van der Waals surface area contributed by atoms with Crippen molar-refractivity contribution in [3.63, 3.8) is 0 Å². The second kappa shape index (κ2) is 6.53. The first-order valence-corrected chi connectivity index (χ1v) is 7.31. The molecule has 2 aliphatic rings. The van der Waals surface area contributed by atoms with Crippen LogP contribution in [0.3, 0.4) is 0 Å². The molecule has 18 heavy (non-hydrogen) atoms. The van der Waals surface area contributed by atoms with Crippen LogP contribution < -0.4 is 5.32 Å². The van der Waals surface area contributed by atoms with E-state index in [-0.39, 0.29) is 12.1 Å². The average Bonchev–Trinajstić information content (AvgIpc) is 2.68. The summed E-state index contributed by atoms with van der Waals surface area (Å²) in [5.74, 6) is 0.860. The molecular formula is C14H26N2O2. The third-order valence-corrected chi connectivity index (χ3v) is 3.85. The smallest absolute Gasteiger partial charge is 0.237 e. The molecule has 0 spiro atoms. The third-order valence-electron chi connectivity index (χ3n) is 3.85. The molecule has 2 unspecified atom stereocenters. The van der Waals surface area contributed by atoms with Gasteiger partial charge >= 0.3 is 0 Å². The maximum absolute atomic E-state index is 11.9. The fourth-order valence-corrected chi connectivity index (χ4v) is 2.85. The van der Waals surface area contributed by atoms with Gasteiger partial charge in [-0.1, -0.05) is 13.8 Å². The van der Waals surface area contributed by atoms with Crippen molar-refractivity contribution in [2.45, 2.75) is 58.2 Å². The maximum atomic E-state index is 11.9. The Morgan fingerprint density at radius 2 is 2.28 bits per heavy atom. The zero-order valence-corrected chi connectivity index (χ0v) is 11.7. The molecule has 4 nitrogen and oxygen atoms in total. The molecule has 104 valence electrons. The lowest BCUT2D eigenvalue weighted by atomic mass is 10.1. The topological polar surface area (TPSA) is 41.6 Å². The van der Waals surface area contributed by atoms with Gasteiger partial charge < -0.3 is 9.64 Å². The average molecular weight is 254 g/mol. The summed E-state index contributed by atoms with van der Waals surface area (Å²) in [5.41, 5.74) is 0. The van der Waals surface area contributed by atoms with Crippen LogP contribution in [0.25, 0.3) is 0 Å². The molecule has 1 N–H and O–H groups in total. The molecule has 0 aromatic carbocycles. The number of hydrogen-bond acceptors (Lipinski definition) is 3. The molecule has 2 aliphatic heterocycles. The zero-order chi connectivity index (χ0) is 13.0. The number of nitrogens with zero attached hydrogens (tertiary/aromatic N) is 1. The van der Waals surface area contributed by atoms with Crippen molar-refractivity contribution in [3.8, 4) is 0 Å². The van der Waals surface area contributed by atoms with Crippen molar-refractivity contribution in [2.75, 3.05) is 19.7 Å². The van der Waals surface area contributed by atoms with Crippen molar-refractivity contribution in [3.05, 3.63) is 0 Å². The van der Waals surface area contributed by atoms with Crippen LogP contribution in [0.2, 0.25) is 0 Å². The molecule has 0 radical (unpaired) electrons. The van der Waals surface area contributed by atoms with Crippen LogP contribution in [0.15, 0.2) is 0 Å². The molecule has 2 atom stereocenters. The first-order chi connectivity index (χ1) is 8.66. The van der Waals surface area contributed by atoms with E-state index in [1.807, 2.05) is 4.90 Å². The summed E-state index contributed by atoms with van der Waals surface area (Å²) in [5, 5.41) is 3.31. The first-order valence-electron chi connectivity index (χ1n) is 7.31. The third kappa shape index (κ3) is 3.69. The number of nitrogens with one attached hydrogen (secondary N) is 1. The quantitative estimate of drug-likeness (QED) is 0.812. The van der Waals surface area contributed by atoms with E-state index in [2.05, 4.69) is 19.2 Å². The van der Waals surface area contributed by atoms with E-state index in [1.165, 1.54) is 12.8 Å². The van der Waals surface area contributed by atoms with Gasteiger partial charge in [-0.25, -0.2) is 0 Å². The number of ether oxygens (including phenoxy) is 1. The van der Waals surface area contributed by atoms with E-state index in [0.717, 1.165) is 32.4 Å². The normalized spacial score (nSPS) is 29.3. The van der Waals surface area contributed by atoms with Gasteiger partial charge in [0.1, 0.15) is 0 Å². The van der Waals surface area contributed by atoms with Crippen molar-refractivity contribution in [2.24, 2.45) is 5.92 Å². The Bertz CT molecular complexity index is 275. The minimum atomic E-state index is 0.237. The second-order valence-electron chi connectivity index (χ2n) is 5.89. The van der Waals surface area contributed by atoms with Gasteiger partial charge in [-0.2, -0.15) is 0 Å². The molecule has 0 aromatic rings. The van der Waals surface area contributed by atoms with Crippen LogP contribution in [0.1, 0.15) is 46.0 Å². The predicted octanol–water partition coefficient (Wildman–Crippen LogP) is 1.75.